The molecule has 0 bridgehead atoms. The van der Waals surface area contributed by atoms with Crippen LogP contribution in [0.3, 0.4) is 0 Å². The van der Waals surface area contributed by atoms with Crippen LogP contribution in [0.15, 0.2) is 30.3 Å². The van der Waals surface area contributed by atoms with Gasteiger partial charge in [-0.05, 0) is 90.0 Å². The quantitative estimate of drug-likeness (QED) is 0.155. The van der Waals surface area contributed by atoms with Gasteiger partial charge < -0.3 is 35.8 Å². The fourth-order valence-corrected chi connectivity index (χ4v) is 3.56. The second-order valence-electron chi connectivity index (χ2n) is 13.0. The van der Waals surface area contributed by atoms with Crippen molar-refractivity contribution in [3.05, 3.63) is 35.9 Å². The summed E-state index contributed by atoms with van der Waals surface area (Å²) in [4.78, 5) is 35.7. The third-order valence-corrected chi connectivity index (χ3v) is 7.57. The van der Waals surface area contributed by atoms with Crippen LogP contribution in [0.1, 0.15) is 85.6 Å². The number of ether oxygens (including phenoxy) is 4. The summed E-state index contributed by atoms with van der Waals surface area (Å²) in [5.41, 5.74) is 0.113. The Kier molecular flexibility index (Phi) is 17.0. The van der Waals surface area contributed by atoms with Crippen LogP contribution in [0.4, 0.5) is 0 Å². The molecule has 1 aromatic rings. The summed E-state index contributed by atoms with van der Waals surface area (Å²) in [7, 11) is 7.86. The monoisotopic (exact) mass is 611 g/mol. The van der Waals surface area contributed by atoms with E-state index < -0.39 is 5.41 Å². The normalized spacial score (nSPS) is 17.3. The average molecular weight is 612 g/mol. The van der Waals surface area contributed by atoms with E-state index in [4.69, 9.17) is 18.9 Å². The van der Waals surface area contributed by atoms with Gasteiger partial charge in [-0.1, -0.05) is 26.0 Å². The lowest BCUT2D eigenvalue weighted by atomic mass is 9.90. The molecule has 42 heavy (non-hydrogen) atoms. The van der Waals surface area contributed by atoms with Gasteiger partial charge in [0.25, 0.3) is 0 Å². The number of methoxy groups -OCH3 is 1. The van der Waals surface area contributed by atoms with Crippen molar-refractivity contribution in [3.63, 3.8) is 0 Å². The zero-order valence-electron chi connectivity index (χ0n) is 27.5. The maximum absolute atomic E-state index is 12.2. The number of halogens is 1. The zero-order valence-corrected chi connectivity index (χ0v) is 28.2. The summed E-state index contributed by atoms with van der Waals surface area (Å²) in [5, 5.41) is 0. The van der Waals surface area contributed by atoms with Crippen molar-refractivity contribution in [3.8, 4) is 5.75 Å². The minimum absolute atomic E-state index is 0. The summed E-state index contributed by atoms with van der Waals surface area (Å²) in [6.07, 6.45) is 7.42. The second-order valence-corrected chi connectivity index (χ2v) is 13.0. The highest BCUT2D eigenvalue weighted by molar-refractivity contribution is 5.87. The lowest BCUT2D eigenvalue weighted by Crippen LogP contribution is -3.00. The number of carbonyl (C=O) groups excluding carboxylic acids is 3. The van der Waals surface area contributed by atoms with E-state index in [1.54, 1.807) is 13.2 Å². The molecule has 1 saturated carbocycles. The number of esters is 3. The van der Waals surface area contributed by atoms with Gasteiger partial charge in [-0.15, -0.1) is 0 Å². The molecule has 0 amide bonds. The number of benzene rings is 1. The standard InChI is InChI=1S/C22H30O5.C11H24NO2.ClH/c1-5-22(2,3)21(24)27-19-13-11-18(12-14-19)26-20(23)15-8-16-6-9-17(25-4)10-7-16;1-7-11(2,3)10(13)14-9-8-12(4,5)6;/h6-10,15,18-19H,5,11-14H2,1-4H3;7-9H2,1-6H3;1H/q;+1;/p-1/b15-8+;;. The fraction of sp³-hybridized carbons (Fsp3) is 0.667. The average Bonchev–Trinajstić information content (AvgIpc) is 2.92. The topological polar surface area (TPSA) is 88.1 Å². The van der Waals surface area contributed by atoms with E-state index in [2.05, 4.69) is 21.1 Å². The van der Waals surface area contributed by atoms with Crippen LogP contribution in [0.5, 0.6) is 5.75 Å². The highest BCUT2D eigenvalue weighted by Crippen LogP contribution is 2.28. The van der Waals surface area contributed by atoms with Crippen molar-refractivity contribution in [1.29, 1.82) is 0 Å². The molecule has 1 aliphatic rings. The van der Waals surface area contributed by atoms with Crippen molar-refractivity contribution in [2.24, 2.45) is 10.8 Å². The van der Waals surface area contributed by atoms with E-state index >= 15 is 0 Å². The molecule has 0 spiro atoms. The molecule has 0 aromatic heterocycles. The Hall–Kier alpha value is -2.58. The molecule has 1 aliphatic carbocycles. The predicted octanol–water partition coefficient (Wildman–Crippen LogP) is 3.22. The first-order valence-corrected chi connectivity index (χ1v) is 14.7. The predicted molar refractivity (Wildman–Crippen MR) is 162 cm³/mol. The molecule has 1 aromatic carbocycles. The Morgan fingerprint density at radius 2 is 1.31 bits per heavy atom. The summed E-state index contributed by atoms with van der Waals surface area (Å²) in [5.74, 6) is 0.189. The number of hydrogen-bond acceptors (Lipinski definition) is 7. The van der Waals surface area contributed by atoms with Gasteiger partial charge in [0, 0.05) is 6.08 Å². The molecule has 0 N–H and O–H groups in total. The zero-order chi connectivity index (χ0) is 31.3. The van der Waals surface area contributed by atoms with Gasteiger partial charge in [-0.2, -0.15) is 0 Å². The Morgan fingerprint density at radius 3 is 1.76 bits per heavy atom. The number of quaternary nitrogens is 1. The van der Waals surface area contributed by atoms with Gasteiger partial charge >= 0.3 is 17.9 Å². The van der Waals surface area contributed by atoms with E-state index in [1.807, 2.05) is 65.8 Å². The molecule has 0 saturated heterocycles. The largest absolute Gasteiger partial charge is 1.00 e. The van der Waals surface area contributed by atoms with Crippen molar-refractivity contribution in [1.82, 2.24) is 0 Å². The maximum Gasteiger partial charge on any atom is 0.331 e. The number of nitrogens with zero attached hydrogens (tertiary/aromatic N) is 1. The van der Waals surface area contributed by atoms with E-state index in [1.165, 1.54) is 6.08 Å². The molecule has 0 aliphatic heterocycles. The van der Waals surface area contributed by atoms with Gasteiger partial charge in [0.2, 0.25) is 0 Å². The molecular weight excluding hydrogens is 558 g/mol. The Bertz CT molecular complexity index is 989. The molecule has 0 unspecified atom stereocenters. The van der Waals surface area contributed by atoms with Crippen molar-refractivity contribution < 1.29 is 50.2 Å². The molecule has 1 fully saturated rings. The van der Waals surface area contributed by atoms with Crippen LogP contribution in [-0.4, -0.2) is 76.0 Å². The van der Waals surface area contributed by atoms with Crippen molar-refractivity contribution in [2.75, 3.05) is 41.4 Å². The van der Waals surface area contributed by atoms with E-state index in [9.17, 15) is 14.4 Å². The van der Waals surface area contributed by atoms with Crippen LogP contribution >= 0.6 is 0 Å². The molecule has 2 rings (SSSR count). The van der Waals surface area contributed by atoms with E-state index in [-0.39, 0.29) is 47.9 Å². The molecule has 0 radical (unpaired) electrons. The third kappa shape index (κ3) is 15.1. The molecule has 240 valence electrons. The first-order valence-electron chi connectivity index (χ1n) is 14.7. The summed E-state index contributed by atoms with van der Waals surface area (Å²) >= 11 is 0. The second kappa shape index (κ2) is 18.2. The SMILES string of the molecule is CCC(C)(C)C(=O)OC1CCC(OC(=O)/C=C/c2ccc(OC)cc2)CC1.CCC(C)(C)C(=O)OCC[N+](C)(C)C.[Cl-]. The highest BCUT2D eigenvalue weighted by Gasteiger charge is 2.32. The minimum Gasteiger partial charge on any atom is -1.00 e. The van der Waals surface area contributed by atoms with Crippen molar-refractivity contribution in [2.45, 2.75) is 92.3 Å². The summed E-state index contributed by atoms with van der Waals surface area (Å²) < 4.78 is 22.3. The van der Waals surface area contributed by atoms with Crippen molar-refractivity contribution >= 4 is 24.0 Å². The number of rotatable bonds is 12. The smallest absolute Gasteiger partial charge is 0.331 e. The molecule has 9 heteroatoms. The minimum atomic E-state index is -0.449. The van der Waals surface area contributed by atoms with Gasteiger partial charge in [0.1, 0.15) is 31.1 Å². The Balaban J connectivity index is 0.000000956. The van der Waals surface area contributed by atoms with Gasteiger partial charge in [0.15, 0.2) is 0 Å². The van der Waals surface area contributed by atoms with Crippen LogP contribution in [-0.2, 0) is 28.6 Å². The molecular formula is C33H54ClNO7. The van der Waals surface area contributed by atoms with E-state index in [0.717, 1.165) is 48.0 Å². The summed E-state index contributed by atoms with van der Waals surface area (Å²) in [6.45, 7) is 13.0. The van der Waals surface area contributed by atoms with Crippen LogP contribution < -0.4 is 17.1 Å². The number of hydrogen-bond donors (Lipinski definition) is 0. The first-order chi connectivity index (χ1) is 19.0. The van der Waals surface area contributed by atoms with Crippen LogP contribution in [0.2, 0.25) is 0 Å². The third-order valence-electron chi connectivity index (χ3n) is 7.57. The van der Waals surface area contributed by atoms with Gasteiger partial charge in [-0.3, -0.25) is 9.59 Å². The van der Waals surface area contributed by atoms with Gasteiger partial charge in [0.05, 0.1) is 39.1 Å². The Morgan fingerprint density at radius 1 is 0.833 bits per heavy atom. The lowest BCUT2D eigenvalue weighted by molar-refractivity contribution is -0.870. The van der Waals surface area contributed by atoms with Crippen LogP contribution in [0, 0.1) is 10.8 Å². The van der Waals surface area contributed by atoms with Crippen LogP contribution in [0.25, 0.3) is 6.08 Å². The first kappa shape index (κ1) is 39.4. The lowest BCUT2D eigenvalue weighted by Gasteiger charge is -2.30. The highest BCUT2D eigenvalue weighted by atomic mass is 35.5. The number of likely N-dealkylation sites (N-methyl/N-ethyl adjacent to an activating group) is 1. The Labute approximate surface area is 260 Å². The number of carbonyl (C=O) groups is 3. The summed E-state index contributed by atoms with van der Waals surface area (Å²) in [6, 6.07) is 7.43. The molecule has 8 nitrogen and oxygen atoms in total. The van der Waals surface area contributed by atoms with Gasteiger partial charge in [-0.25, -0.2) is 4.79 Å². The molecule has 0 heterocycles. The molecule has 0 atom stereocenters. The fourth-order valence-electron chi connectivity index (χ4n) is 3.56. The van der Waals surface area contributed by atoms with E-state index in [0.29, 0.717) is 19.4 Å². The maximum atomic E-state index is 12.2.